The molecule has 118 valence electrons. The predicted molar refractivity (Wildman–Crippen MR) is 88.8 cm³/mol. The lowest BCUT2D eigenvalue weighted by Gasteiger charge is -2.07. The molecule has 0 spiro atoms. The van der Waals surface area contributed by atoms with Gasteiger partial charge in [0.25, 0.3) is 0 Å². The first-order valence-electron chi connectivity index (χ1n) is 7.23. The Bertz CT molecular complexity index is 996. The zero-order valence-electron chi connectivity index (χ0n) is 13.2. The lowest BCUT2D eigenvalue weighted by atomic mass is 10.1. The Morgan fingerprint density at radius 3 is 2.88 bits per heavy atom. The van der Waals surface area contributed by atoms with Gasteiger partial charge in [0.05, 0.1) is 24.6 Å². The van der Waals surface area contributed by atoms with Crippen LogP contribution in [0.15, 0.2) is 42.7 Å². The van der Waals surface area contributed by atoms with Gasteiger partial charge in [-0.05, 0) is 37.3 Å². The second-order valence-corrected chi connectivity index (χ2v) is 5.15. The summed E-state index contributed by atoms with van der Waals surface area (Å²) in [7, 11) is 1.33. The molecule has 3 aromatic rings. The van der Waals surface area contributed by atoms with Gasteiger partial charge in [0, 0.05) is 17.5 Å². The molecule has 0 aliphatic carbocycles. The van der Waals surface area contributed by atoms with Crippen LogP contribution < -0.4 is 0 Å². The maximum Gasteiger partial charge on any atom is 0.338 e. The first-order valence-corrected chi connectivity index (χ1v) is 7.23. The molecule has 0 bridgehead atoms. The van der Waals surface area contributed by atoms with Crippen molar-refractivity contribution in [3.63, 3.8) is 0 Å². The maximum atomic E-state index is 12.2. The van der Waals surface area contributed by atoms with Gasteiger partial charge >= 0.3 is 5.97 Å². The Labute approximate surface area is 138 Å². The van der Waals surface area contributed by atoms with Crippen LogP contribution >= 0.6 is 0 Å². The van der Waals surface area contributed by atoms with E-state index in [9.17, 15) is 4.79 Å². The number of fused-ring (bicyclic) bond motifs is 1. The van der Waals surface area contributed by atoms with Crippen LogP contribution in [0.25, 0.3) is 17.3 Å². The summed E-state index contributed by atoms with van der Waals surface area (Å²) in [4.78, 5) is 20.8. The number of hydrogen-bond acceptors (Lipinski definition) is 5. The van der Waals surface area contributed by atoms with Crippen molar-refractivity contribution >= 4 is 23.3 Å². The van der Waals surface area contributed by atoms with E-state index in [2.05, 4.69) is 16.0 Å². The Morgan fingerprint density at radius 2 is 2.17 bits per heavy atom. The quantitative estimate of drug-likeness (QED) is 0.548. The van der Waals surface area contributed by atoms with Crippen LogP contribution in [-0.2, 0) is 9.53 Å². The molecule has 0 unspecified atom stereocenters. The van der Waals surface area contributed by atoms with Crippen molar-refractivity contribution in [2.45, 2.75) is 6.92 Å². The van der Waals surface area contributed by atoms with E-state index in [1.807, 2.05) is 25.1 Å². The predicted octanol–water partition coefficient (Wildman–Crippen LogP) is 2.62. The summed E-state index contributed by atoms with van der Waals surface area (Å²) in [5, 5.41) is 9.15. The van der Waals surface area contributed by atoms with Gasteiger partial charge in [0.1, 0.15) is 17.4 Å². The molecule has 24 heavy (non-hydrogen) atoms. The second kappa shape index (κ2) is 6.34. The van der Waals surface area contributed by atoms with Crippen LogP contribution in [0.3, 0.4) is 0 Å². The third-order valence-electron chi connectivity index (χ3n) is 3.54. The molecule has 0 fully saturated rings. The van der Waals surface area contributed by atoms with E-state index in [4.69, 9.17) is 10.00 Å². The van der Waals surface area contributed by atoms with E-state index in [0.29, 0.717) is 28.2 Å². The molecule has 0 N–H and O–H groups in total. The first-order chi connectivity index (χ1) is 11.6. The Hall–Kier alpha value is -3.46. The average molecular weight is 318 g/mol. The van der Waals surface area contributed by atoms with Gasteiger partial charge in [0.2, 0.25) is 0 Å². The molecule has 0 saturated carbocycles. The van der Waals surface area contributed by atoms with Crippen molar-refractivity contribution in [1.29, 1.82) is 5.26 Å². The highest BCUT2D eigenvalue weighted by Gasteiger charge is 2.15. The number of pyridine rings is 2. The summed E-state index contributed by atoms with van der Waals surface area (Å²) in [6.07, 6.45) is 4.85. The first kappa shape index (κ1) is 15.4. The van der Waals surface area contributed by atoms with Crippen molar-refractivity contribution in [2.24, 2.45) is 0 Å². The number of esters is 1. The molecule has 0 atom stereocenters. The molecule has 0 aliphatic heterocycles. The van der Waals surface area contributed by atoms with Gasteiger partial charge in [-0.15, -0.1) is 0 Å². The number of rotatable bonds is 3. The minimum atomic E-state index is -0.476. The molecule has 6 heteroatoms. The van der Waals surface area contributed by atoms with E-state index in [1.165, 1.54) is 13.3 Å². The molecule has 0 saturated heterocycles. The van der Waals surface area contributed by atoms with Crippen molar-refractivity contribution in [2.75, 3.05) is 7.11 Å². The van der Waals surface area contributed by atoms with Crippen molar-refractivity contribution in [3.8, 4) is 6.07 Å². The van der Waals surface area contributed by atoms with E-state index in [-0.39, 0.29) is 0 Å². The third kappa shape index (κ3) is 2.88. The molecule has 3 rings (SSSR count). The summed E-state index contributed by atoms with van der Waals surface area (Å²) in [5.41, 5.74) is 3.51. The molecule has 0 aromatic carbocycles. The van der Waals surface area contributed by atoms with Gasteiger partial charge in [-0.3, -0.25) is 9.38 Å². The van der Waals surface area contributed by atoms with Crippen LogP contribution in [0, 0.1) is 18.3 Å². The molecular weight excluding hydrogens is 304 g/mol. The lowest BCUT2D eigenvalue weighted by Crippen LogP contribution is -2.05. The number of aryl methyl sites for hydroxylation is 1. The van der Waals surface area contributed by atoms with Gasteiger partial charge in [0.15, 0.2) is 0 Å². The Balaban J connectivity index is 2.16. The van der Waals surface area contributed by atoms with Crippen molar-refractivity contribution < 1.29 is 9.53 Å². The third-order valence-corrected chi connectivity index (χ3v) is 3.54. The molecule has 3 aromatic heterocycles. The minimum Gasteiger partial charge on any atom is -0.465 e. The average Bonchev–Trinajstić information content (AvgIpc) is 3.01. The van der Waals surface area contributed by atoms with Gasteiger partial charge in [-0.25, -0.2) is 9.78 Å². The minimum absolute atomic E-state index is 0.357. The number of methoxy groups -OCH3 is 1. The van der Waals surface area contributed by atoms with Gasteiger partial charge < -0.3 is 4.74 Å². The zero-order chi connectivity index (χ0) is 17.1. The normalized spacial score (nSPS) is 11.3. The number of carbonyl (C=O) groups excluding carboxylic acids is 1. The highest BCUT2D eigenvalue weighted by atomic mass is 16.5. The van der Waals surface area contributed by atoms with Crippen molar-refractivity contribution in [1.82, 2.24) is 14.4 Å². The largest absolute Gasteiger partial charge is 0.465 e. The number of ether oxygens (including phenoxy) is 1. The second-order valence-electron chi connectivity index (χ2n) is 5.15. The summed E-state index contributed by atoms with van der Waals surface area (Å²) in [6, 6.07) is 11.1. The fourth-order valence-corrected chi connectivity index (χ4v) is 2.39. The topological polar surface area (TPSA) is 80.3 Å². The SMILES string of the molecule is COC(=O)/C(=C/c1cccc(C)n1)c1ccc2ncc(C#N)n2c1. The summed E-state index contributed by atoms with van der Waals surface area (Å²) in [5.74, 6) is -0.476. The molecule has 3 heterocycles. The number of hydrogen-bond donors (Lipinski definition) is 0. The van der Waals surface area contributed by atoms with Gasteiger partial charge in [-0.1, -0.05) is 6.07 Å². The molecule has 6 nitrogen and oxygen atoms in total. The number of nitrogens with zero attached hydrogens (tertiary/aromatic N) is 4. The van der Waals surface area contributed by atoms with E-state index < -0.39 is 5.97 Å². The molecular formula is C18H14N4O2. The Morgan fingerprint density at radius 1 is 1.33 bits per heavy atom. The highest BCUT2D eigenvalue weighted by molar-refractivity contribution is 6.21. The molecule has 0 aliphatic rings. The van der Waals surface area contributed by atoms with E-state index >= 15 is 0 Å². The summed E-state index contributed by atoms with van der Waals surface area (Å²) in [6.45, 7) is 1.88. The summed E-state index contributed by atoms with van der Waals surface area (Å²) < 4.78 is 6.53. The molecule has 0 amide bonds. The number of aromatic nitrogens is 3. The van der Waals surface area contributed by atoms with Crippen LogP contribution in [0.1, 0.15) is 22.6 Å². The molecule has 0 radical (unpaired) electrons. The standard InChI is InChI=1S/C18H14N4O2/c1-12-4-3-5-14(21-12)8-16(18(23)24-2)13-6-7-17-20-10-15(9-19)22(17)11-13/h3-8,10-11H,1-2H3/b16-8+. The fourth-order valence-electron chi connectivity index (χ4n) is 2.39. The van der Waals surface area contributed by atoms with E-state index in [0.717, 1.165) is 5.69 Å². The van der Waals surface area contributed by atoms with Crippen LogP contribution in [0.5, 0.6) is 0 Å². The maximum absolute atomic E-state index is 12.2. The monoisotopic (exact) mass is 318 g/mol. The smallest absolute Gasteiger partial charge is 0.338 e. The van der Waals surface area contributed by atoms with Gasteiger partial charge in [-0.2, -0.15) is 5.26 Å². The number of nitriles is 1. The van der Waals surface area contributed by atoms with Crippen LogP contribution in [-0.4, -0.2) is 27.4 Å². The van der Waals surface area contributed by atoms with E-state index in [1.54, 1.807) is 28.8 Å². The van der Waals surface area contributed by atoms with Crippen LogP contribution in [0.4, 0.5) is 0 Å². The number of imidazole rings is 1. The highest BCUT2D eigenvalue weighted by Crippen LogP contribution is 2.21. The Kier molecular flexibility index (Phi) is 4.08. The lowest BCUT2D eigenvalue weighted by molar-refractivity contribution is -0.133. The fraction of sp³-hybridized carbons (Fsp3) is 0.111. The van der Waals surface area contributed by atoms with Crippen molar-refractivity contribution in [3.05, 3.63) is 65.4 Å². The zero-order valence-corrected chi connectivity index (χ0v) is 13.2. The van der Waals surface area contributed by atoms with Crippen LogP contribution in [0.2, 0.25) is 0 Å². The number of carbonyl (C=O) groups is 1. The summed E-state index contributed by atoms with van der Waals surface area (Å²) >= 11 is 0.